The predicted octanol–water partition coefficient (Wildman–Crippen LogP) is 1.97. The smallest absolute Gasteiger partial charge is 0.335 e. The van der Waals surface area contributed by atoms with E-state index in [4.69, 9.17) is 23.1 Å². The molecular weight excluding hydrogens is 583 g/mol. The Balaban J connectivity index is 1.34. The van der Waals surface area contributed by atoms with Gasteiger partial charge in [0.1, 0.15) is 28.6 Å². The third kappa shape index (κ3) is 5.58. The van der Waals surface area contributed by atoms with Crippen molar-refractivity contribution in [2.75, 3.05) is 11.1 Å². The topological polar surface area (TPSA) is 214 Å². The Labute approximate surface area is 245 Å². The molecule has 0 bridgehead atoms. The Morgan fingerprint density at radius 3 is 2.49 bits per heavy atom. The lowest BCUT2D eigenvalue weighted by Gasteiger charge is -2.16. The van der Waals surface area contributed by atoms with Gasteiger partial charge in [-0.15, -0.1) is 5.10 Å². The van der Waals surface area contributed by atoms with E-state index in [-0.39, 0.29) is 51.1 Å². The first kappa shape index (κ1) is 28.7. The molecule has 0 aliphatic heterocycles. The lowest BCUT2D eigenvalue weighted by molar-refractivity contribution is 0.0696. The number of nitrogens with zero attached hydrogens (tertiary/aromatic N) is 3. The van der Waals surface area contributed by atoms with Crippen LogP contribution in [0.2, 0.25) is 0 Å². The first-order valence-electron chi connectivity index (χ1n) is 12.5. The third-order valence-corrected chi connectivity index (χ3v) is 6.82. The quantitative estimate of drug-likeness (QED) is 0.106. The molecule has 0 saturated heterocycles. The molecule has 43 heavy (non-hydrogen) atoms. The molecule has 3 aromatic carbocycles. The average molecular weight is 605 g/mol. The van der Waals surface area contributed by atoms with Crippen LogP contribution in [0.4, 0.5) is 21.5 Å². The van der Waals surface area contributed by atoms with Crippen molar-refractivity contribution in [1.82, 2.24) is 30.2 Å². The van der Waals surface area contributed by atoms with Gasteiger partial charge in [0.25, 0.3) is 28.4 Å². The van der Waals surface area contributed by atoms with Crippen molar-refractivity contribution < 1.29 is 23.9 Å². The van der Waals surface area contributed by atoms with Gasteiger partial charge in [0, 0.05) is 6.54 Å². The van der Waals surface area contributed by atoms with Gasteiger partial charge < -0.3 is 26.8 Å². The van der Waals surface area contributed by atoms with Crippen LogP contribution in [0, 0.1) is 10.6 Å². The number of aromatic carboxylic acids is 1. The Morgan fingerprint density at radius 2 is 1.81 bits per heavy atom. The Morgan fingerprint density at radius 1 is 1.09 bits per heavy atom. The summed E-state index contributed by atoms with van der Waals surface area (Å²) in [6.45, 7) is 1.60. The van der Waals surface area contributed by atoms with Crippen LogP contribution in [-0.4, -0.2) is 42.5 Å². The predicted molar refractivity (Wildman–Crippen MR) is 154 cm³/mol. The van der Waals surface area contributed by atoms with Gasteiger partial charge in [-0.2, -0.15) is 0 Å². The van der Waals surface area contributed by atoms with Crippen molar-refractivity contribution in [3.63, 3.8) is 0 Å². The van der Waals surface area contributed by atoms with Gasteiger partial charge in [-0.05, 0) is 60.6 Å². The van der Waals surface area contributed by atoms with E-state index >= 15 is 0 Å². The summed E-state index contributed by atoms with van der Waals surface area (Å²) in [6.07, 6.45) is 0. The average Bonchev–Trinajstić information content (AvgIpc) is 3.38. The molecule has 0 aliphatic carbocycles. The minimum atomic E-state index is -1.08. The molecule has 0 fully saturated rings. The van der Waals surface area contributed by atoms with Crippen LogP contribution in [0.25, 0.3) is 5.78 Å². The van der Waals surface area contributed by atoms with Gasteiger partial charge in [0.05, 0.1) is 17.3 Å². The number of fused-ring (bicyclic) bond motifs is 1. The zero-order chi connectivity index (χ0) is 31.0. The third-order valence-electron chi connectivity index (χ3n) is 6.55. The Bertz CT molecular complexity index is 2060. The number of carboxylic acid groups (broad SMARTS) is 1. The molecule has 0 radical (unpaired) electrons. The largest absolute Gasteiger partial charge is 0.478 e. The van der Waals surface area contributed by atoms with Crippen molar-refractivity contribution in [3.05, 3.63) is 108 Å². The summed E-state index contributed by atoms with van der Waals surface area (Å²) >= 11 is 5.23. The molecule has 7 N–H and O–H groups in total. The number of rotatable bonds is 9. The van der Waals surface area contributed by atoms with Gasteiger partial charge >= 0.3 is 5.97 Å². The van der Waals surface area contributed by atoms with Gasteiger partial charge in [0.2, 0.25) is 4.77 Å². The molecule has 2 heterocycles. The summed E-state index contributed by atoms with van der Waals surface area (Å²) < 4.78 is 15.6. The standard InChI is InChI=1S/C27H21FN8O6S/c1-11(13-3-5-14(6-4-13)25(41)42)31-24(40)18-9-17(33-26-34-35-27(43)36(18)26)23(39)30-10-12-2-7-15(28)16(8-12)32-20-19(29)21(37)22(20)38/h2-9,11,32H,10,29H2,1H3,(H,30,39)(H,31,40)(H,35,43)(H,41,42)/t11-/m0/s1. The zero-order valence-electron chi connectivity index (χ0n) is 22.1. The fraction of sp³-hybridized carbons (Fsp3) is 0.111. The zero-order valence-corrected chi connectivity index (χ0v) is 22.9. The number of nitrogen functional groups attached to an aromatic ring is 1. The van der Waals surface area contributed by atoms with Crippen LogP contribution >= 0.6 is 12.2 Å². The number of nitrogens with one attached hydrogen (secondary N) is 4. The molecule has 218 valence electrons. The molecule has 16 heteroatoms. The highest BCUT2D eigenvalue weighted by molar-refractivity contribution is 7.71. The van der Waals surface area contributed by atoms with Crippen LogP contribution in [-0.2, 0) is 6.54 Å². The number of anilines is 3. The maximum atomic E-state index is 14.3. The van der Waals surface area contributed by atoms with Crippen molar-refractivity contribution >= 4 is 52.8 Å². The number of benzene rings is 2. The van der Waals surface area contributed by atoms with Crippen LogP contribution in [0.3, 0.4) is 0 Å². The van der Waals surface area contributed by atoms with E-state index in [1.807, 2.05) is 0 Å². The van der Waals surface area contributed by atoms with Gasteiger partial charge in [-0.1, -0.05) is 18.2 Å². The highest BCUT2D eigenvalue weighted by Crippen LogP contribution is 2.23. The number of hydrogen-bond acceptors (Lipinski definition) is 10. The second-order valence-corrected chi connectivity index (χ2v) is 9.77. The molecular formula is C27H21FN8O6S. The number of carbonyl (C=O) groups is 3. The Kier molecular flexibility index (Phi) is 7.52. The molecule has 2 aromatic heterocycles. The number of H-pyrrole nitrogens is 1. The maximum absolute atomic E-state index is 14.3. The summed E-state index contributed by atoms with van der Waals surface area (Å²) in [4.78, 5) is 64.7. The van der Waals surface area contributed by atoms with E-state index in [9.17, 15) is 28.4 Å². The first-order chi connectivity index (χ1) is 20.4. The number of carboxylic acids is 1. The maximum Gasteiger partial charge on any atom is 0.335 e. The fourth-order valence-electron chi connectivity index (χ4n) is 4.19. The molecule has 1 atom stereocenters. The lowest BCUT2D eigenvalue weighted by Crippen LogP contribution is -2.36. The van der Waals surface area contributed by atoms with E-state index in [1.165, 1.54) is 34.7 Å². The number of hydrogen-bond donors (Lipinski definition) is 6. The Hall–Kier alpha value is -5.77. The van der Waals surface area contributed by atoms with E-state index in [1.54, 1.807) is 19.1 Å². The van der Waals surface area contributed by atoms with E-state index < -0.39 is 40.5 Å². The lowest BCUT2D eigenvalue weighted by atomic mass is 10.1. The van der Waals surface area contributed by atoms with E-state index in [2.05, 4.69) is 31.1 Å². The minimum absolute atomic E-state index is 0.0400. The van der Waals surface area contributed by atoms with Gasteiger partial charge in [-0.25, -0.2) is 23.7 Å². The second kappa shape index (κ2) is 11.2. The SMILES string of the molecule is C[C@H](NC(=O)c1cc(C(=O)NCc2ccc(F)c(Nc3c(N)c(=O)c3=O)c2)nc2n[nH]c(=S)n12)c1ccc(C(=O)O)cc1. The summed E-state index contributed by atoms with van der Waals surface area (Å²) in [7, 11) is 0. The van der Waals surface area contributed by atoms with Gasteiger partial charge in [-0.3, -0.25) is 19.2 Å². The molecule has 5 aromatic rings. The summed E-state index contributed by atoms with van der Waals surface area (Å²) in [5, 5.41) is 23.5. The van der Waals surface area contributed by atoms with Crippen LogP contribution < -0.4 is 32.5 Å². The number of aromatic nitrogens is 4. The van der Waals surface area contributed by atoms with Crippen LogP contribution in [0.5, 0.6) is 0 Å². The number of halogens is 1. The van der Waals surface area contributed by atoms with Crippen LogP contribution in [0.1, 0.15) is 55.4 Å². The normalized spacial score (nSPS) is 11.8. The van der Waals surface area contributed by atoms with Crippen molar-refractivity contribution in [2.24, 2.45) is 0 Å². The van der Waals surface area contributed by atoms with E-state index in [0.717, 1.165) is 6.07 Å². The molecule has 0 unspecified atom stereocenters. The van der Waals surface area contributed by atoms with Crippen LogP contribution in [0.15, 0.2) is 58.1 Å². The van der Waals surface area contributed by atoms with Crippen molar-refractivity contribution in [1.29, 1.82) is 0 Å². The number of amides is 2. The summed E-state index contributed by atoms with van der Waals surface area (Å²) in [5.41, 5.74) is 4.11. The van der Waals surface area contributed by atoms with Crippen molar-refractivity contribution in [2.45, 2.75) is 19.5 Å². The molecule has 0 saturated carbocycles. The molecule has 14 nitrogen and oxygen atoms in total. The molecule has 2 amide bonds. The number of nitrogens with two attached hydrogens (primary N) is 1. The van der Waals surface area contributed by atoms with Crippen molar-refractivity contribution in [3.8, 4) is 0 Å². The highest BCUT2D eigenvalue weighted by Gasteiger charge is 2.22. The summed E-state index contributed by atoms with van der Waals surface area (Å²) in [5.74, 6) is -3.13. The fourth-order valence-corrected chi connectivity index (χ4v) is 4.41. The number of carbonyl (C=O) groups excluding carboxylic acids is 2. The highest BCUT2D eigenvalue weighted by atomic mass is 32.1. The first-order valence-corrected chi connectivity index (χ1v) is 12.9. The van der Waals surface area contributed by atoms with Gasteiger partial charge in [0.15, 0.2) is 0 Å². The molecule has 0 aliphatic rings. The minimum Gasteiger partial charge on any atom is -0.478 e. The van der Waals surface area contributed by atoms with E-state index in [0.29, 0.717) is 11.1 Å². The second-order valence-electron chi connectivity index (χ2n) is 9.38. The monoisotopic (exact) mass is 604 g/mol. The number of aromatic amines is 1. The molecule has 0 spiro atoms. The molecule has 5 rings (SSSR count). The summed E-state index contributed by atoms with van der Waals surface area (Å²) in [6, 6.07) is 10.5.